The Morgan fingerprint density at radius 1 is 1.25 bits per heavy atom. The molecule has 3 nitrogen and oxygen atoms in total. The summed E-state index contributed by atoms with van der Waals surface area (Å²) in [5, 5.41) is 0.455. The van der Waals surface area contributed by atoms with E-state index >= 15 is 0 Å². The summed E-state index contributed by atoms with van der Waals surface area (Å²) in [7, 11) is 0. The van der Waals surface area contributed by atoms with Crippen molar-refractivity contribution < 1.29 is 4.42 Å². The van der Waals surface area contributed by atoms with E-state index in [-0.39, 0.29) is 5.41 Å². The van der Waals surface area contributed by atoms with Crippen LogP contribution in [0.4, 0.5) is 0 Å². The molecule has 2 heterocycles. The van der Waals surface area contributed by atoms with Crippen molar-refractivity contribution in [2.45, 2.75) is 26.2 Å². The Labute approximate surface area is 99.5 Å². The van der Waals surface area contributed by atoms with E-state index in [2.05, 4.69) is 30.7 Å². The molecule has 2 aromatic rings. The second-order valence-electron chi connectivity index (χ2n) is 4.66. The summed E-state index contributed by atoms with van der Waals surface area (Å²) in [5.74, 6) is 0.733. The third kappa shape index (κ3) is 2.25. The van der Waals surface area contributed by atoms with Crippen LogP contribution in [0.25, 0.3) is 11.3 Å². The lowest BCUT2D eigenvalue weighted by atomic mass is 9.95. The second kappa shape index (κ2) is 3.91. The van der Waals surface area contributed by atoms with Gasteiger partial charge in [-0.3, -0.25) is 0 Å². The number of halogens is 1. The van der Waals surface area contributed by atoms with Crippen LogP contribution >= 0.6 is 11.6 Å². The van der Waals surface area contributed by atoms with Crippen LogP contribution < -0.4 is 0 Å². The zero-order valence-electron chi connectivity index (χ0n) is 9.49. The zero-order valence-corrected chi connectivity index (χ0v) is 10.2. The molecule has 0 atom stereocenters. The summed E-state index contributed by atoms with van der Waals surface area (Å²) < 4.78 is 5.03. The van der Waals surface area contributed by atoms with E-state index in [0.717, 1.165) is 17.1 Å². The van der Waals surface area contributed by atoms with Gasteiger partial charge in [-0.1, -0.05) is 32.4 Å². The summed E-state index contributed by atoms with van der Waals surface area (Å²) in [6.45, 7) is 6.16. The minimum absolute atomic E-state index is 0.122. The Morgan fingerprint density at radius 2 is 2.00 bits per heavy atom. The molecule has 4 heteroatoms. The highest BCUT2D eigenvalue weighted by molar-refractivity contribution is 6.29. The van der Waals surface area contributed by atoms with Gasteiger partial charge in [-0.2, -0.15) is 0 Å². The first-order chi connectivity index (χ1) is 7.47. The van der Waals surface area contributed by atoms with Crippen LogP contribution in [-0.2, 0) is 5.41 Å². The largest absolute Gasteiger partial charge is 0.472 e. The minimum Gasteiger partial charge on any atom is -0.472 e. The molecule has 84 valence electrons. The first-order valence-corrected chi connectivity index (χ1v) is 5.42. The highest BCUT2D eigenvalue weighted by Crippen LogP contribution is 2.25. The SMILES string of the molecule is CC(C)(C)c1nc(Cl)cc(-c2ccoc2)n1. The molecule has 0 saturated carbocycles. The maximum atomic E-state index is 5.99. The third-order valence-corrected chi connectivity index (χ3v) is 2.38. The van der Waals surface area contributed by atoms with E-state index in [1.165, 1.54) is 0 Å². The molecule has 0 saturated heterocycles. The van der Waals surface area contributed by atoms with Gasteiger partial charge in [0, 0.05) is 17.0 Å². The molecule has 0 aliphatic heterocycles. The summed E-state index contributed by atoms with van der Waals surface area (Å²) in [5.41, 5.74) is 1.58. The van der Waals surface area contributed by atoms with Gasteiger partial charge in [0.05, 0.1) is 18.2 Å². The van der Waals surface area contributed by atoms with Crippen molar-refractivity contribution in [3.8, 4) is 11.3 Å². The van der Waals surface area contributed by atoms with Crippen molar-refractivity contribution >= 4 is 11.6 Å². The van der Waals surface area contributed by atoms with Crippen LogP contribution in [0, 0.1) is 0 Å². The maximum Gasteiger partial charge on any atom is 0.136 e. The van der Waals surface area contributed by atoms with E-state index in [1.807, 2.05) is 6.07 Å². The summed E-state index contributed by atoms with van der Waals surface area (Å²) in [6.07, 6.45) is 3.26. The quantitative estimate of drug-likeness (QED) is 0.709. The molecular weight excluding hydrogens is 224 g/mol. The van der Waals surface area contributed by atoms with Crippen LogP contribution in [0.5, 0.6) is 0 Å². The van der Waals surface area contributed by atoms with E-state index in [1.54, 1.807) is 18.6 Å². The molecule has 2 aromatic heterocycles. The molecule has 0 amide bonds. The van der Waals surface area contributed by atoms with E-state index in [4.69, 9.17) is 16.0 Å². The van der Waals surface area contributed by atoms with Gasteiger partial charge in [0.15, 0.2) is 0 Å². The van der Waals surface area contributed by atoms with Gasteiger partial charge < -0.3 is 4.42 Å². The second-order valence-corrected chi connectivity index (χ2v) is 5.05. The number of aromatic nitrogens is 2. The van der Waals surface area contributed by atoms with Crippen LogP contribution in [0.3, 0.4) is 0 Å². The lowest BCUT2D eigenvalue weighted by molar-refractivity contribution is 0.545. The first kappa shape index (κ1) is 11.1. The van der Waals surface area contributed by atoms with Gasteiger partial charge in [0.1, 0.15) is 11.0 Å². The average Bonchev–Trinajstić information content (AvgIpc) is 2.68. The summed E-state index contributed by atoms with van der Waals surface area (Å²) in [6, 6.07) is 3.59. The number of nitrogens with zero attached hydrogens (tertiary/aromatic N) is 2. The summed E-state index contributed by atoms with van der Waals surface area (Å²) in [4.78, 5) is 8.73. The molecule has 0 aromatic carbocycles. The molecule has 16 heavy (non-hydrogen) atoms. The lowest BCUT2D eigenvalue weighted by Gasteiger charge is -2.17. The van der Waals surface area contributed by atoms with E-state index < -0.39 is 0 Å². The first-order valence-electron chi connectivity index (χ1n) is 5.04. The molecule has 0 spiro atoms. The molecular formula is C12H13ClN2O. The fourth-order valence-corrected chi connectivity index (χ4v) is 1.49. The van der Waals surface area contributed by atoms with Crippen molar-refractivity contribution in [3.63, 3.8) is 0 Å². The number of hydrogen-bond donors (Lipinski definition) is 0. The van der Waals surface area contributed by atoms with Gasteiger partial charge in [-0.25, -0.2) is 9.97 Å². The van der Waals surface area contributed by atoms with Crippen LogP contribution in [0.2, 0.25) is 5.15 Å². The highest BCUT2D eigenvalue weighted by Gasteiger charge is 2.19. The van der Waals surface area contributed by atoms with Crippen LogP contribution in [-0.4, -0.2) is 9.97 Å². The Balaban J connectivity index is 2.53. The minimum atomic E-state index is -0.122. The van der Waals surface area contributed by atoms with Crippen molar-refractivity contribution in [2.24, 2.45) is 0 Å². The normalized spacial score (nSPS) is 11.8. The number of furan rings is 1. The average molecular weight is 237 g/mol. The molecule has 0 fully saturated rings. The predicted octanol–water partition coefficient (Wildman–Crippen LogP) is 3.69. The van der Waals surface area contributed by atoms with Gasteiger partial charge in [0.2, 0.25) is 0 Å². The summed E-state index contributed by atoms with van der Waals surface area (Å²) >= 11 is 5.99. The topological polar surface area (TPSA) is 38.9 Å². The van der Waals surface area contributed by atoms with Gasteiger partial charge in [-0.05, 0) is 6.07 Å². The monoisotopic (exact) mass is 236 g/mol. The molecule has 2 rings (SSSR count). The fourth-order valence-electron chi connectivity index (χ4n) is 1.31. The van der Waals surface area contributed by atoms with E-state index in [9.17, 15) is 0 Å². The number of rotatable bonds is 1. The Kier molecular flexibility index (Phi) is 2.72. The molecule has 0 N–H and O–H groups in total. The molecule has 0 bridgehead atoms. The Hall–Kier alpha value is -1.35. The van der Waals surface area contributed by atoms with E-state index in [0.29, 0.717) is 5.15 Å². The molecule has 0 aliphatic carbocycles. The fraction of sp³-hybridized carbons (Fsp3) is 0.333. The van der Waals surface area contributed by atoms with Crippen molar-refractivity contribution in [2.75, 3.05) is 0 Å². The molecule has 0 aliphatic rings. The molecule has 0 radical (unpaired) electrons. The van der Waals surface area contributed by atoms with Gasteiger partial charge in [0.25, 0.3) is 0 Å². The lowest BCUT2D eigenvalue weighted by Crippen LogP contribution is -2.16. The Bertz CT molecular complexity index is 486. The van der Waals surface area contributed by atoms with Crippen molar-refractivity contribution in [1.29, 1.82) is 0 Å². The highest BCUT2D eigenvalue weighted by atomic mass is 35.5. The van der Waals surface area contributed by atoms with Gasteiger partial charge in [-0.15, -0.1) is 0 Å². The zero-order chi connectivity index (χ0) is 11.8. The predicted molar refractivity (Wildman–Crippen MR) is 63.4 cm³/mol. The number of hydrogen-bond acceptors (Lipinski definition) is 3. The maximum absolute atomic E-state index is 5.99. The van der Waals surface area contributed by atoms with Gasteiger partial charge >= 0.3 is 0 Å². The van der Waals surface area contributed by atoms with Crippen molar-refractivity contribution in [3.05, 3.63) is 35.6 Å². The van der Waals surface area contributed by atoms with Crippen LogP contribution in [0.1, 0.15) is 26.6 Å². The smallest absolute Gasteiger partial charge is 0.136 e. The van der Waals surface area contributed by atoms with Crippen LogP contribution in [0.15, 0.2) is 29.1 Å². The molecule has 0 unspecified atom stereocenters. The Morgan fingerprint density at radius 3 is 2.56 bits per heavy atom. The third-order valence-electron chi connectivity index (χ3n) is 2.18. The standard InChI is InChI=1S/C12H13ClN2O/c1-12(2,3)11-14-9(6-10(13)15-11)8-4-5-16-7-8/h4-7H,1-3H3. The van der Waals surface area contributed by atoms with Crippen molar-refractivity contribution in [1.82, 2.24) is 9.97 Å².